The van der Waals surface area contributed by atoms with E-state index in [1.165, 1.54) is 25.7 Å². The molecule has 21 heavy (non-hydrogen) atoms. The van der Waals surface area contributed by atoms with E-state index in [0.29, 0.717) is 12.5 Å². The Bertz CT molecular complexity index is 495. The standard InChI is InChI=1S/C17H25N3O/c1-12-6-8-13(9-7-12)10-19-17(21)16-11-18-14-4-2-3-5-15(14)20-16/h2-5,12-13,16,18,20H,6-11H2,1H3,(H,19,21). The van der Waals surface area contributed by atoms with Crippen LogP contribution in [0.5, 0.6) is 0 Å². The van der Waals surface area contributed by atoms with Gasteiger partial charge in [-0.2, -0.15) is 0 Å². The summed E-state index contributed by atoms with van der Waals surface area (Å²) in [6, 6.07) is 7.83. The third kappa shape index (κ3) is 3.49. The number of carbonyl (C=O) groups excluding carboxylic acids is 1. The van der Waals surface area contributed by atoms with Crippen molar-refractivity contribution in [3.05, 3.63) is 24.3 Å². The summed E-state index contributed by atoms with van der Waals surface area (Å²) >= 11 is 0. The smallest absolute Gasteiger partial charge is 0.244 e. The van der Waals surface area contributed by atoms with Crippen molar-refractivity contribution < 1.29 is 4.79 Å². The zero-order valence-corrected chi connectivity index (χ0v) is 12.7. The summed E-state index contributed by atoms with van der Waals surface area (Å²) in [6.45, 7) is 3.79. The molecule has 4 nitrogen and oxygen atoms in total. The van der Waals surface area contributed by atoms with E-state index in [-0.39, 0.29) is 11.9 Å². The monoisotopic (exact) mass is 287 g/mol. The van der Waals surface area contributed by atoms with E-state index in [1.807, 2.05) is 24.3 Å². The van der Waals surface area contributed by atoms with Gasteiger partial charge in [0, 0.05) is 13.1 Å². The van der Waals surface area contributed by atoms with Gasteiger partial charge in [-0.1, -0.05) is 31.9 Å². The molecule has 1 aliphatic carbocycles. The first-order chi connectivity index (χ1) is 10.2. The maximum Gasteiger partial charge on any atom is 0.244 e. The quantitative estimate of drug-likeness (QED) is 0.801. The van der Waals surface area contributed by atoms with Gasteiger partial charge in [-0.25, -0.2) is 0 Å². The molecule has 2 aliphatic rings. The number of benzene rings is 1. The highest BCUT2D eigenvalue weighted by atomic mass is 16.2. The normalized spacial score (nSPS) is 28.0. The fourth-order valence-electron chi connectivity index (χ4n) is 3.27. The Balaban J connectivity index is 1.48. The summed E-state index contributed by atoms with van der Waals surface area (Å²) in [5.41, 5.74) is 2.08. The van der Waals surface area contributed by atoms with Crippen LogP contribution in [-0.4, -0.2) is 25.0 Å². The number of rotatable bonds is 3. The molecule has 1 aliphatic heterocycles. The fraction of sp³-hybridized carbons (Fsp3) is 0.588. The van der Waals surface area contributed by atoms with Crippen molar-refractivity contribution in [2.75, 3.05) is 23.7 Å². The largest absolute Gasteiger partial charge is 0.381 e. The lowest BCUT2D eigenvalue weighted by Gasteiger charge is -2.29. The highest BCUT2D eigenvalue weighted by Crippen LogP contribution is 2.28. The summed E-state index contributed by atoms with van der Waals surface area (Å²) in [5, 5.41) is 9.76. The molecular weight excluding hydrogens is 262 g/mol. The van der Waals surface area contributed by atoms with Crippen molar-refractivity contribution in [3.63, 3.8) is 0 Å². The molecule has 0 aromatic heterocycles. The van der Waals surface area contributed by atoms with E-state index < -0.39 is 0 Å². The van der Waals surface area contributed by atoms with Crippen molar-refractivity contribution in [3.8, 4) is 0 Å². The highest BCUT2D eigenvalue weighted by molar-refractivity contribution is 5.88. The van der Waals surface area contributed by atoms with Gasteiger partial charge in [-0.05, 0) is 36.8 Å². The van der Waals surface area contributed by atoms with Crippen LogP contribution in [0.15, 0.2) is 24.3 Å². The third-order valence-corrected chi connectivity index (χ3v) is 4.77. The Morgan fingerprint density at radius 1 is 1.19 bits per heavy atom. The number of amides is 1. The zero-order chi connectivity index (χ0) is 14.7. The summed E-state index contributed by atoms with van der Waals surface area (Å²) < 4.78 is 0. The van der Waals surface area contributed by atoms with Crippen LogP contribution in [-0.2, 0) is 4.79 Å². The van der Waals surface area contributed by atoms with Crippen molar-refractivity contribution in [2.24, 2.45) is 11.8 Å². The Labute approximate surface area is 126 Å². The van der Waals surface area contributed by atoms with Gasteiger partial charge >= 0.3 is 0 Å². The Hall–Kier alpha value is -1.71. The van der Waals surface area contributed by atoms with Crippen LogP contribution >= 0.6 is 0 Å². The van der Waals surface area contributed by atoms with Gasteiger partial charge in [0.25, 0.3) is 0 Å². The number of para-hydroxylation sites is 2. The molecular formula is C17H25N3O. The van der Waals surface area contributed by atoms with Crippen molar-refractivity contribution in [2.45, 2.75) is 38.6 Å². The molecule has 0 radical (unpaired) electrons. The topological polar surface area (TPSA) is 53.2 Å². The second kappa shape index (κ2) is 6.37. The first kappa shape index (κ1) is 14.2. The number of nitrogens with one attached hydrogen (secondary N) is 3. The number of fused-ring (bicyclic) bond motifs is 1. The molecule has 114 valence electrons. The minimum atomic E-state index is -0.178. The van der Waals surface area contributed by atoms with E-state index >= 15 is 0 Å². The average molecular weight is 287 g/mol. The number of carbonyl (C=O) groups is 1. The lowest BCUT2D eigenvalue weighted by Crippen LogP contribution is -2.47. The summed E-state index contributed by atoms with van der Waals surface area (Å²) in [4.78, 5) is 12.3. The second-order valence-electron chi connectivity index (χ2n) is 6.49. The van der Waals surface area contributed by atoms with E-state index in [0.717, 1.165) is 23.8 Å². The van der Waals surface area contributed by atoms with Gasteiger partial charge < -0.3 is 16.0 Å². The van der Waals surface area contributed by atoms with Crippen molar-refractivity contribution in [1.29, 1.82) is 0 Å². The van der Waals surface area contributed by atoms with Gasteiger partial charge in [0.15, 0.2) is 0 Å². The molecule has 1 saturated carbocycles. The van der Waals surface area contributed by atoms with Crippen LogP contribution < -0.4 is 16.0 Å². The molecule has 1 atom stereocenters. The Morgan fingerprint density at radius 3 is 2.67 bits per heavy atom. The molecule has 1 unspecified atom stereocenters. The van der Waals surface area contributed by atoms with E-state index in [1.54, 1.807) is 0 Å². The predicted molar refractivity (Wildman–Crippen MR) is 86.5 cm³/mol. The molecule has 1 heterocycles. The van der Waals surface area contributed by atoms with Gasteiger partial charge in [-0.15, -0.1) is 0 Å². The maximum absolute atomic E-state index is 12.3. The minimum Gasteiger partial charge on any atom is -0.381 e. The van der Waals surface area contributed by atoms with Crippen LogP contribution in [0.4, 0.5) is 11.4 Å². The molecule has 4 heteroatoms. The van der Waals surface area contributed by atoms with Crippen molar-refractivity contribution in [1.82, 2.24) is 5.32 Å². The van der Waals surface area contributed by atoms with E-state index in [2.05, 4.69) is 22.9 Å². The van der Waals surface area contributed by atoms with Gasteiger partial charge in [0.2, 0.25) is 5.91 Å². The first-order valence-electron chi connectivity index (χ1n) is 8.09. The first-order valence-corrected chi connectivity index (χ1v) is 8.09. The third-order valence-electron chi connectivity index (χ3n) is 4.77. The van der Waals surface area contributed by atoms with Crippen molar-refractivity contribution >= 4 is 17.3 Å². The van der Waals surface area contributed by atoms with Gasteiger partial charge in [0.05, 0.1) is 11.4 Å². The van der Waals surface area contributed by atoms with Crippen LogP contribution in [0.3, 0.4) is 0 Å². The Kier molecular flexibility index (Phi) is 4.32. The zero-order valence-electron chi connectivity index (χ0n) is 12.7. The van der Waals surface area contributed by atoms with Crippen LogP contribution in [0.1, 0.15) is 32.6 Å². The predicted octanol–water partition coefficient (Wildman–Crippen LogP) is 2.84. The maximum atomic E-state index is 12.3. The van der Waals surface area contributed by atoms with Gasteiger partial charge in [0.1, 0.15) is 6.04 Å². The Morgan fingerprint density at radius 2 is 1.90 bits per heavy atom. The molecule has 0 spiro atoms. The molecule has 1 fully saturated rings. The molecule has 1 aromatic carbocycles. The van der Waals surface area contributed by atoms with Crippen LogP contribution in [0, 0.1) is 11.8 Å². The lowest BCUT2D eigenvalue weighted by molar-refractivity contribution is -0.121. The highest BCUT2D eigenvalue weighted by Gasteiger charge is 2.24. The lowest BCUT2D eigenvalue weighted by atomic mass is 9.83. The number of hydrogen-bond acceptors (Lipinski definition) is 3. The minimum absolute atomic E-state index is 0.107. The van der Waals surface area contributed by atoms with Gasteiger partial charge in [-0.3, -0.25) is 4.79 Å². The molecule has 3 rings (SSSR count). The van der Waals surface area contributed by atoms with E-state index in [9.17, 15) is 4.79 Å². The summed E-state index contributed by atoms with van der Waals surface area (Å²) in [6.07, 6.45) is 5.11. The average Bonchev–Trinajstić information content (AvgIpc) is 2.53. The SMILES string of the molecule is CC1CCC(CNC(=O)C2CNc3ccccc3N2)CC1. The molecule has 1 amide bonds. The van der Waals surface area contributed by atoms with E-state index in [4.69, 9.17) is 0 Å². The molecule has 1 aromatic rings. The number of anilines is 2. The summed E-state index contributed by atoms with van der Waals surface area (Å²) in [5.74, 6) is 1.63. The van der Waals surface area contributed by atoms with Crippen LogP contribution in [0.25, 0.3) is 0 Å². The molecule has 3 N–H and O–H groups in total. The summed E-state index contributed by atoms with van der Waals surface area (Å²) in [7, 11) is 0. The molecule has 0 saturated heterocycles. The number of hydrogen-bond donors (Lipinski definition) is 3. The van der Waals surface area contributed by atoms with Crippen LogP contribution in [0.2, 0.25) is 0 Å². The second-order valence-corrected chi connectivity index (χ2v) is 6.49. The fourth-order valence-corrected chi connectivity index (χ4v) is 3.27. The molecule has 0 bridgehead atoms.